The van der Waals surface area contributed by atoms with E-state index < -0.39 is 15.3 Å². The van der Waals surface area contributed by atoms with Gasteiger partial charge < -0.3 is 9.47 Å². The van der Waals surface area contributed by atoms with Crippen LogP contribution in [0.15, 0.2) is 53.4 Å². The van der Waals surface area contributed by atoms with Crippen LogP contribution in [-0.4, -0.2) is 71.6 Å². The largest absolute Gasteiger partial charge is 0.342 e. The molecule has 226 valence electrons. The molecule has 6 rings (SSSR count). The number of carbonyl (C=O) groups excluding carboxylic acids is 1. The molecule has 3 saturated heterocycles. The highest BCUT2D eigenvalue weighted by molar-refractivity contribution is 7.90. The molecule has 0 spiro atoms. The van der Waals surface area contributed by atoms with Gasteiger partial charge in [0.1, 0.15) is 5.82 Å². The van der Waals surface area contributed by atoms with Gasteiger partial charge in [-0.05, 0) is 93.7 Å². The number of benzene rings is 2. The highest BCUT2D eigenvalue weighted by Crippen LogP contribution is 2.45. The Bertz CT molecular complexity index is 1570. The number of nitrogens with zero attached hydrogens (tertiary/aromatic N) is 4. The summed E-state index contributed by atoms with van der Waals surface area (Å²) >= 11 is 0. The summed E-state index contributed by atoms with van der Waals surface area (Å²) in [5, 5.41) is 0. The van der Waals surface area contributed by atoms with Gasteiger partial charge >= 0.3 is 0 Å². The molecule has 0 saturated carbocycles. The first kappa shape index (κ1) is 29.4. The molecule has 3 fully saturated rings. The Labute approximate surface area is 251 Å². The molecule has 4 heterocycles. The van der Waals surface area contributed by atoms with Crippen molar-refractivity contribution in [2.45, 2.75) is 101 Å². The Morgan fingerprint density at radius 2 is 1.64 bits per heavy atom. The summed E-state index contributed by atoms with van der Waals surface area (Å²) in [6.45, 7) is 10.5. The van der Waals surface area contributed by atoms with Crippen molar-refractivity contribution in [3.63, 3.8) is 0 Å². The Morgan fingerprint density at radius 3 is 2.29 bits per heavy atom. The first-order chi connectivity index (χ1) is 19.9. The SMILES string of the molecule is Cc1nc2ccccc2n1[C@H]1C[C@H]2CC[C@@H](C1)N2CCC1(c2cccc(S(C)(=O)=O)c2)CCN(C(=O)C(C)(C)C)CC1. The molecule has 2 bridgehead atoms. The number of hydrogen-bond donors (Lipinski definition) is 0. The van der Waals surface area contributed by atoms with E-state index in [0.717, 1.165) is 55.6 Å². The molecule has 3 aromatic rings. The minimum Gasteiger partial charge on any atom is -0.342 e. The van der Waals surface area contributed by atoms with Gasteiger partial charge in [-0.15, -0.1) is 0 Å². The number of piperidine rings is 2. The van der Waals surface area contributed by atoms with Crippen molar-refractivity contribution in [2.24, 2.45) is 5.41 Å². The van der Waals surface area contributed by atoms with Crippen LogP contribution >= 0.6 is 0 Å². The molecule has 1 aromatic heterocycles. The zero-order chi connectivity index (χ0) is 29.9. The van der Waals surface area contributed by atoms with Gasteiger partial charge in [0.05, 0.1) is 15.9 Å². The van der Waals surface area contributed by atoms with E-state index in [1.165, 1.54) is 24.6 Å². The minimum atomic E-state index is -3.31. The zero-order valence-corrected chi connectivity index (χ0v) is 26.7. The average Bonchev–Trinajstić information content (AvgIpc) is 3.41. The normalized spacial score (nSPS) is 24.8. The van der Waals surface area contributed by atoms with Crippen LogP contribution in [0, 0.1) is 12.3 Å². The lowest BCUT2D eigenvalue weighted by Gasteiger charge is -2.46. The van der Waals surface area contributed by atoms with Crippen molar-refractivity contribution >= 4 is 26.8 Å². The van der Waals surface area contributed by atoms with Crippen molar-refractivity contribution in [1.29, 1.82) is 0 Å². The van der Waals surface area contributed by atoms with Gasteiger partial charge in [-0.1, -0.05) is 45.0 Å². The van der Waals surface area contributed by atoms with Crippen LogP contribution in [0.1, 0.15) is 83.1 Å². The van der Waals surface area contributed by atoms with E-state index in [-0.39, 0.29) is 11.3 Å². The second kappa shape index (κ2) is 10.8. The summed E-state index contributed by atoms with van der Waals surface area (Å²) in [7, 11) is -3.31. The predicted octanol–water partition coefficient (Wildman–Crippen LogP) is 5.91. The second-order valence-electron chi connectivity index (χ2n) is 14.1. The Hall–Kier alpha value is -2.71. The molecular weight excluding hydrogens is 544 g/mol. The molecule has 2 aromatic carbocycles. The minimum absolute atomic E-state index is 0.150. The zero-order valence-electron chi connectivity index (χ0n) is 25.8. The fraction of sp³-hybridized carbons (Fsp3) is 0.588. The number of fused-ring (bicyclic) bond motifs is 3. The fourth-order valence-corrected chi connectivity index (χ4v) is 8.81. The van der Waals surface area contributed by atoms with E-state index in [0.29, 0.717) is 36.1 Å². The number of para-hydroxylation sites is 2. The Balaban J connectivity index is 1.23. The fourth-order valence-electron chi connectivity index (χ4n) is 8.14. The molecule has 3 aliphatic rings. The monoisotopic (exact) mass is 590 g/mol. The standard InChI is InChI=1S/C34H46N4O3S/c1-24-35-30-11-6-7-12-31(30)38(24)28-22-26-13-14-27(23-28)37(26)20-17-34(25-9-8-10-29(21-25)42(5,40)41)15-18-36(19-16-34)32(39)33(2,3)4/h6-12,21,26-28H,13-20,22-23H2,1-5H3/t26-,27+,28+. The lowest BCUT2D eigenvalue weighted by molar-refractivity contribution is -0.141. The molecule has 0 radical (unpaired) electrons. The maximum atomic E-state index is 13.1. The second-order valence-corrected chi connectivity index (χ2v) is 16.2. The lowest BCUT2D eigenvalue weighted by Crippen LogP contribution is -2.50. The van der Waals surface area contributed by atoms with Gasteiger partial charge in [0.2, 0.25) is 5.91 Å². The first-order valence-electron chi connectivity index (χ1n) is 15.7. The quantitative estimate of drug-likeness (QED) is 0.357. The van der Waals surface area contributed by atoms with Crippen LogP contribution in [0.3, 0.4) is 0 Å². The molecule has 0 N–H and O–H groups in total. The van der Waals surface area contributed by atoms with Gasteiger partial charge in [-0.3, -0.25) is 9.69 Å². The van der Waals surface area contributed by atoms with Crippen LogP contribution in [-0.2, 0) is 20.0 Å². The predicted molar refractivity (Wildman–Crippen MR) is 167 cm³/mol. The smallest absolute Gasteiger partial charge is 0.227 e. The van der Waals surface area contributed by atoms with E-state index in [1.807, 2.05) is 37.8 Å². The number of aryl methyl sites for hydroxylation is 1. The van der Waals surface area contributed by atoms with Crippen molar-refractivity contribution in [3.05, 3.63) is 59.9 Å². The maximum absolute atomic E-state index is 13.1. The third-order valence-electron chi connectivity index (χ3n) is 10.4. The van der Waals surface area contributed by atoms with Gasteiger partial charge in [0.25, 0.3) is 0 Å². The molecule has 0 aliphatic carbocycles. The van der Waals surface area contributed by atoms with E-state index in [9.17, 15) is 13.2 Å². The number of amides is 1. The summed E-state index contributed by atoms with van der Waals surface area (Å²) in [4.78, 5) is 23.1. The van der Waals surface area contributed by atoms with Crippen molar-refractivity contribution in [1.82, 2.24) is 19.4 Å². The van der Waals surface area contributed by atoms with E-state index in [2.05, 4.69) is 46.7 Å². The summed E-state index contributed by atoms with van der Waals surface area (Å²) in [5.74, 6) is 1.30. The van der Waals surface area contributed by atoms with E-state index in [4.69, 9.17) is 4.98 Å². The molecule has 42 heavy (non-hydrogen) atoms. The molecule has 3 atom stereocenters. The number of likely N-dealkylation sites (tertiary alicyclic amines) is 1. The number of imidazole rings is 1. The molecule has 3 aliphatic heterocycles. The van der Waals surface area contributed by atoms with Crippen molar-refractivity contribution in [3.8, 4) is 0 Å². The van der Waals surface area contributed by atoms with Crippen molar-refractivity contribution in [2.75, 3.05) is 25.9 Å². The third-order valence-corrected chi connectivity index (χ3v) is 11.5. The summed E-state index contributed by atoms with van der Waals surface area (Å²) in [6.07, 6.45) is 8.72. The highest BCUT2D eigenvalue weighted by Gasteiger charge is 2.44. The lowest BCUT2D eigenvalue weighted by atomic mass is 9.70. The third kappa shape index (κ3) is 5.41. The number of aromatic nitrogens is 2. The summed E-state index contributed by atoms with van der Waals surface area (Å²) in [6, 6.07) is 17.7. The Morgan fingerprint density at radius 1 is 0.976 bits per heavy atom. The first-order valence-corrected chi connectivity index (χ1v) is 17.5. The number of carbonyl (C=O) groups is 1. The number of rotatable bonds is 6. The molecule has 8 heteroatoms. The molecular formula is C34H46N4O3S. The van der Waals surface area contributed by atoms with Gasteiger partial charge in [-0.2, -0.15) is 0 Å². The van der Waals surface area contributed by atoms with Crippen LogP contribution in [0.4, 0.5) is 0 Å². The van der Waals surface area contributed by atoms with Gasteiger partial charge in [0.15, 0.2) is 9.84 Å². The highest BCUT2D eigenvalue weighted by atomic mass is 32.2. The van der Waals surface area contributed by atoms with E-state index in [1.54, 1.807) is 6.07 Å². The number of hydrogen-bond acceptors (Lipinski definition) is 5. The molecule has 1 amide bonds. The van der Waals surface area contributed by atoms with Crippen molar-refractivity contribution < 1.29 is 13.2 Å². The van der Waals surface area contributed by atoms with Crippen LogP contribution in [0.2, 0.25) is 0 Å². The molecule has 7 nitrogen and oxygen atoms in total. The maximum Gasteiger partial charge on any atom is 0.227 e. The van der Waals surface area contributed by atoms with Crippen LogP contribution in [0.25, 0.3) is 11.0 Å². The number of sulfone groups is 1. The van der Waals surface area contributed by atoms with Gasteiger partial charge in [-0.25, -0.2) is 13.4 Å². The van der Waals surface area contributed by atoms with Crippen LogP contribution in [0.5, 0.6) is 0 Å². The summed E-state index contributed by atoms with van der Waals surface area (Å²) < 4.78 is 27.5. The topological polar surface area (TPSA) is 75.5 Å². The van der Waals surface area contributed by atoms with Gasteiger partial charge in [0, 0.05) is 42.9 Å². The Kier molecular flexibility index (Phi) is 7.53. The average molecular weight is 591 g/mol. The molecule has 0 unspecified atom stereocenters. The summed E-state index contributed by atoms with van der Waals surface area (Å²) in [5.41, 5.74) is 2.88. The van der Waals surface area contributed by atoms with Crippen LogP contribution < -0.4 is 0 Å². The van der Waals surface area contributed by atoms with E-state index >= 15 is 0 Å².